The third-order valence-corrected chi connectivity index (χ3v) is 5.25. The lowest BCUT2D eigenvalue weighted by Gasteiger charge is -2.36. The highest BCUT2D eigenvalue weighted by atomic mass is 35.5. The minimum atomic E-state index is -0.718. The Bertz CT molecular complexity index is 941. The molecule has 0 aliphatic carbocycles. The molecule has 2 aromatic rings. The monoisotopic (exact) mass is 428 g/mol. The number of carbonyl (C=O) groups excluding carboxylic acids is 3. The Morgan fingerprint density at radius 2 is 1.70 bits per heavy atom. The van der Waals surface area contributed by atoms with Crippen molar-refractivity contribution < 1.29 is 14.4 Å². The Kier molecular flexibility index (Phi) is 6.95. The average molecular weight is 429 g/mol. The van der Waals surface area contributed by atoms with Crippen molar-refractivity contribution >= 4 is 40.7 Å². The molecular formula is C22H25ClN4O3. The van der Waals surface area contributed by atoms with E-state index in [1.807, 2.05) is 24.3 Å². The SMILES string of the molecule is CC(=O)c1cccc(NC(=O)[C@H](C)NC(=O)N2CCN(c3cccc(Cl)c3)CC2)c1. The van der Waals surface area contributed by atoms with Gasteiger partial charge in [-0.3, -0.25) is 9.59 Å². The molecule has 0 aromatic heterocycles. The molecule has 30 heavy (non-hydrogen) atoms. The lowest BCUT2D eigenvalue weighted by molar-refractivity contribution is -0.117. The minimum absolute atomic E-state index is 0.0793. The number of halogens is 1. The van der Waals surface area contributed by atoms with E-state index in [1.165, 1.54) is 6.92 Å². The van der Waals surface area contributed by atoms with Crippen LogP contribution in [0.25, 0.3) is 0 Å². The van der Waals surface area contributed by atoms with Crippen LogP contribution in [0, 0.1) is 0 Å². The van der Waals surface area contributed by atoms with Gasteiger partial charge >= 0.3 is 6.03 Å². The summed E-state index contributed by atoms with van der Waals surface area (Å²) in [6.45, 7) is 5.57. The summed E-state index contributed by atoms with van der Waals surface area (Å²) in [5.41, 5.74) is 2.06. The fourth-order valence-electron chi connectivity index (χ4n) is 3.25. The van der Waals surface area contributed by atoms with E-state index in [9.17, 15) is 14.4 Å². The maximum Gasteiger partial charge on any atom is 0.318 e. The summed E-state index contributed by atoms with van der Waals surface area (Å²) < 4.78 is 0. The summed E-state index contributed by atoms with van der Waals surface area (Å²) in [6.07, 6.45) is 0. The van der Waals surface area contributed by atoms with Gasteiger partial charge in [-0.1, -0.05) is 29.8 Å². The molecule has 158 valence electrons. The second-order valence-electron chi connectivity index (χ2n) is 7.25. The molecule has 0 bridgehead atoms. The van der Waals surface area contributed by atoms with Gasteiger partial charge < -0.3 is 20.4 Å². The summed E-state index contributed by atoms with van der Waals surface area (Å²) in [5, 5.41) is 6.15. The number of carbonyl (C=O) groups is 3. The summed E-state index contributed by atoms with van der Waals surface area (Å²) in [4.78, 5) is 40.3. The van der Waals surface area contributed by atoms with Crippen LogP contribution >= 0.6 is 11.6 Å². The summed E-state index contributed by atoms with van der Waals surface area (Å²) >= 11 is 6.06. The van der Waals surface area contributed by atoms with Gasteiger partial charge in [0.05, 0.1) is 0 Å². The largest absolute Gasteiger partial charge is 0.368 e. The van der Waals surface area contributed by atoms with Crippen molar-refractivity contribution in [3.63, 3.8) is 0 Å². The van der Waals surface area contributed by atoms with Crippen LogP contribution in [0.3, 0.4) is 0 Å². The molecule has 1 heterocycles. The lowest BCUT2D eigenvalue weighted by Crippen LogP contribution is -2.54. The molecule has 3 amide bonds. The van der Waals surface area contributed by atoms with Crippen LogP contribution in [-0.4, -0.2) is 54.8 Å². The number of nitrogens with one attached hydrogen (secondary N) is 2. The van der Waals surface area contributed by atoms with Gasteiger partial charge in [0, 0.05) is 48.1 Å². The van der Waals surface area contributed by atoms with E-state index in [4.69, 9.17) is 11.6 Å². The molecule has 2 N–H and O–H groups in total. The molecular weight excluding hydrogens is 404 g/mol. The fraction of sp³-hybridized carbons (Fsp3) is 0.318. The van der Waals surface area contributed by atoms with E-state index in [1.54, 1.807) is 36.1 Å². The van der Waals surface area contributed by atoms with Gasteiger partial charge in [-0.05, 0) is 44.2 Å². The molecule has 0 saturated carbocycles. The second-order valence-corrected chi connectivity index (χ2v) is 7.69. The molecule has 1 atom stereocenters. The molecule has 3 rings (SSSR count). The number of nitrogens with zero attached hydrogens (tertiary/aromatic N) is 2. The number of Topliss-reactive ketones (excluding diaryl/α,β-unsaturated/α-hetero) is 1. The number of hydrogen-bond acceptors (Lipinski definition) is 4. The van der Waals surface area contributed by atoms with Gasteiger partial charge in [-0.2, -0.15) is 0 Å². The number of anilines is 2. The van der Waals surface area contributed by atoms with Crippen molar-refractivity contribution in [1.82, 2.24) is 10.2 Å². The molecule has 0 spiro atoms. The number of amides is 3. The van der Waals surface area contributed by atoms with E-state index in [0.29, 0.717) is 42.5 Å². The van der Waals surface area contributed by atoms with Crippen LogP contribution in [0.2, 0.25) is 5.02 Å². The number of ketones is 1. The Morgan fingerprint density at radius 1 is 1.00 bits per heavy atom. The Hall–Kier alpha value is -3.06. The number of hydrogen-bond donors (Lipinski definition) is 2. The van der Waals surface area contributed by atoms with Gasteiger partial charge in [-0.25, -0.2) is 4.79 Å². The van der Waals surface area contributed by atoms with Crippen LogP contribution in [0.15, 0.2) is 48.5 Å². The van der Waals surface area contributed by atoms with Gasteiger partial charge in [0.2, 0.25) is 5.91 Å². The normalized spacial score (nSPS) is 14.8. The zero-order valence-corrected chi connectivity index (χ0v) is 17.8. The highest BCUT2D eigenvalue weighted by Crippen LogP contribution is 2.20. The van der Waals surface area contributed by atoms with E-state index in [-0.39, 0.29) is 17.7 Å². The van der Waals surface area contributed by atoms with Crippen LogP contribution < -0.4 is 15.5 Å². The Balaban J connectivity index is 1.50. The van der Waals surface area contributed by atoms with Crippen molar-refractivity contribution in [3.8, 4) is 0 Å². The molecule has 1 saturated heterocycles. The van der Waals surface area contributed by atoms with Crippen molar-refractivity contribution in [1.29, 1.82) is 0 Å². The van der Waals surface area contributed by atoms with Crippen molar-refractivity contribution in [2.75, 3.05) is 36.4 Å². The fourth-order valence-corrected chi connectivity index (χ4v) is 3.43. The van der Waals surface area contributed by atoms with Crippen LogP contribution in [0.4, 0.5) is 16.2 Å². The lowest BCUT2D eigenvalue weighted by atomic mass is 10.1. The quantitative estimate of drug-likeness (QED) is 0.715. The number of benzene rings is 2. The standard InChI is InChI=1S/C22H25ClN4O3/c1-15(21(29)25-19-7-3-5-17(13-19)16(2)28)24-22(30)27-11-9-26(10-12-27)20-8-4-6-18(23)14-20/h3-8,13-15H,9-12H2,1-2H3,(H,24,30)(H,25,29)/t15-/m0/s1. The van der Waals surface area contributed by atoms with Crippen molar-refractivity contribution in [2.45, 2.75) is 19.9 Å². The first-order valence-electron chi connectivity index (χ1n) is 9.81. The summed E-state index contributed by atoms with van der Waals surface area (Å²) in [5.74, 6) is -0.425. The van der Waals surface area contributed by atoms with E-state index in [2.05, 4.69) is 15.5 Å². The van der Waals surface area contributed by atoms with Crippen LogP contribution in [0.5, 0.6) is 0 Å². The molecule has 1 fully saturated rings. The third kappa shape index (κ3) is 5.51. The molecule has 1 aliphatic rings. The summed E-state index contributed by atoms with van der Waals surface area (Å²) in [6, 6.07) is 13.4. The third-order valence-electron chi connectivity index (χ3n) is 5.01. The Morgan fingerprint density at radius 3 is 2.37 bits per heavy atom. The van der Waals surface area contributed by atoms with Gasteiger partial charge in [0.1, 0.15) is 6.04 Å². The topological polar surface area (TPSA) is 81.8 Å². The molecule has 7 nitrogen and oxygen atoms in total. The highest BCUT2D eigenvalue weighted by molar-refractivity contribution is 6.30. The molecule has 1 aliphatic heterocycles. The zero-order chi connectivity index (χ0) is 21.7. The van der Waals surface area contributed by atoms with Gasteiger partial charge in [-0.15, -0.1) is 0 Å². The Labute approximate surface area is 181 Å². The van der Waals surface area contributed by atoms with Crippen molar-refractivity contribution in [3.05, 3.63) is 59.1 Å². The van der Waals surface area contributed by atoms with Gasteiger partial charge in [0.25, 0.3) is 0 Å². The first kappa shape index (κ1) is 21.6. The van der Waals surface area contributed by atoms with Crippen molar-refractivity contribution in [2.24, 2.45) is 0 Å². The van der Waals surface area contributed by atoms with E-state index < -0.39 is 6.04 Å². The zero-order valence-electron chi connectivity index (χ0n) is 17.0. The number of urea groups is 1. The van der Waals surface area contributed by atoms with Crippen LogP contribution in [-0.2, 0) is 4.79 Å². The number of rotatable bonds is 5. The number of piperazine rings is 1. The minimum Gasteiger partial charge on any atom is -0.368 e. The second kappa shape index (κ2) is 9.63. The van der Waals surface area contributed by atoms with E-state index >= 15 is 0 Å². The average Bonchev–Trinajstić information content (AvgIpc) is 2.74. The maximum absolute atomic E-state index is 12.6. The smallest absolute Gasteiger partial charge is 0.318 e. The first-order chi connectivity index (χ1) is 14.3. The maximum atomic E-state index is 12.6. The highest BCUT2D eigenvalue weighted by Gasteiger charge is 2.24. The predicted octanol–water partition coefficient (Wildman–Crippen LogP) is 3.40. The predicted molar refractivity (Wildman–Crippen MR) is 118 cm³/mol. The first-order valence-corrected chi connectivity index (χ1v) is 10.2. The summed E-state index contributed by atoms with van der Waals surface area (Å²) in [7, 11) is 0. The molecule has 8 heteroatoms. The molecule has 2 aromatic carbocycles. The molecule has 0 unspecified atom stereocenters. The van der Waals surface area contributed by atoms with Gasteiger partial charge in [0.15, 0.2) is 5.78 Å². The molecule has 0 radical (unpaired) electrons. The van der Waals surface area contributed by atoms with E-state index in [0.717, 1.165) is 5.69 Å². The van der Waals surface area contributed by atoms with Crippen LogP contribution in [0.1, 0.15) is 24.2 Å².